The first-order valence-electron chi connectivity index (χ1n) is 12.6. The van der Waals surface area contributed by atoms with Crippen LogP contribution in [0.25, 0.3) is 11.5 Å². The predicted octanol–water partition coefficient (Wildman–Crippen LogP) is 6.62. The molecule has 10 heteroatoms. The maximum absolute atomic E-state index is 13.0. The highest BCUT2D eigenvalue weighted by molar-refractivity contribution is 7.15. The van der Waals surface area contributed by atoms with Gasteiger partial charge in [0.15, 0.2) is 5.13 Å². The number of amides is 1. The van der Waals surface area contributed by atoms with E-state index in [1.165, 1.54) is 24.2 Å². The molecule has 1 aliphatic carbocycles. The molecular formula is C28H30N4O5S. The summed E-state index contributed by atoms with van der Waals surface area (Å²) in [6.45, 7) is 4.23. The Kier molecular flexibility index (Phi) is 8.00. The Morgan fingerprint density at radius 3 is 2.58 bits per heavy atom. The number of rotatable bonds is 10. The van der Waals surface area contributed by atoms with Crippen LogP contribution in [0, 0.1) is 6.92 Å². The molecule has 0 saturated heterocycles. The predicted molar refractivity (Wildman–Crippen MR) is 144 cm³/mol. The first-order valence-corrected chi connectivity index (χ1v) is 13.4. The third-order valence-electron chi connectivity index (χ3n) is 6.20. The van der Waals surface area contributed by atoms with Crippen molar-refractivity contribution in [2.24, 2.45) is 0 Å². The molecule has 0 radical (unpaired) electrons. The van der Waals surface area contributed by atoms with E-state index in [0.29, 0.717) is 46.4 Å². The highest BCUT2D eigenvalue weighted by Crippen LogP contribution is 2.35. The largest absolute Gasteiger partial charge is 0.488 e. The number of methoxy groups -OCH3 is 1. The molecule has 1 unspecified atom stereocenters. The van der Waals surface area contributed by atoms with Gasteiger partial charge in [0.2, 0.25) is 11.8 Å². The average molecular weight is 535 g/mol. The van der Waals surface area contributed by atoms with E-state index < -0.39 is 0 Å². The molecule has 1 fully saturated rings. The molecule has 5 rings (SSSR count). The molecule has 2 aromatic carbocycles. The SMILES string of the molecule is COCC(C)Oc1cc(Oc2ccc(-c3nnc(C4CCCC4)o3)cc2)cc(C(=O)Nc2ncc(C)s2)c1. The molecule has 0 aliphatic heterocycles. The molecule has 9 nitrogen and oxygen atoms in total. The number of aryl methyl sites for hydroxylation is 1. The van der Waals surface area contributed by atoms with Gasteiger partial charge in [-0.25, -0.2) is 4.98 Å². The van der Waals surface area contributed by atoms with E-state index in [4.69, 9.17) is 18.6 Å². The van der Waals surface area contributed by atoms with Crippen molar-refractivity contribution in [1.29, 1.82) is 0 Å². The van der Waals surface area contributed by atoms with E-state index >= 15 is 0 Å². The second-order valence-electron chi connectivity index (χ2n) is 9.36. The number of hydrogen-bond donors (Lipinski definition) is 1. The van der Waals surface area contributed by atoms with Gasteiger partial charge < -0.3 is 18.6 Å². The van der Waals surface area contributed by atoms with Crippen LogP contribution in [0.4, 0.5) is 5.13 Å². The standard InChI is InChI=1S/C28H30N4O5S/c1-17(16-34-3)35-23-12-21(25(33)30-28-29-15-18(2)38-28)13-24(14-23)36-22-10-8-20(9-11-22)27-32-31-26(37-27)19-6-4-5-7-19/h8-15,17,19H,4-7,16H2,1-3H3,(H,29,30,33). The summed E-state index contributed by atoms with van der Waals surface area (Å²) in [5, 5.41) is 11.9. The van der Waals surface area contributed by atoms with E-state index in [1.54, 1.807) is 31.5 Å². The lowest BCUT2D eigenvalue weighted by Gasteiger charge is -2.16. The first-order chi connectivity index (χ1) is 18.5. The molecule has 2 aromatic heterocycles. The van der Waals surface area contributed by atoms with Gasteiger partial charge in [-0.05, 0) is 63.1 Å². The van der Waals surface area contributed by atoms with E-state index in [9.17, 15) is 4.79 Å². The molecule has 2 heterocycles. The van der Waals surface area contributed by atoms with Crippen LogP contribution in [0.1, 0.15) is 59.7 Å². The maximum atomic E-state index is 13.0. The second kappa shape index (κ2) is 11.7. The Balaban J connectivity index is 1.33. The van der Waals surface area contributed by atoms with Gasteiger partial charge >= 0.3 is 0 Å². The van der Waals surface area contributed by atoms with Crippen molar-refractivity contribution in [1.82, 2.24) is 15.2 Å². The second-order valence-corrected chi connectivity index (χ2v) is 10.6. The minimum Gasteiger partial charge on any atom is -0.488 e. The van der Waals surface area contributed by atoms with Crippen LogP contribution >= 0.6 is 11.3 Å². The summed E-state index contributed by atoms with van der Waals surface area (Å²) in [4.78, 5) is 18.2. The number of benzene rings is 2. The zero-order chi connectivity index (χ0) is 26.5. The first kappa shape index (κ1) is 25.9. The highest BCUT2D eigenvalue weighted by Gasteiger charge is 2.23. The van der Waals surface area contributed by atoms with Crippen LogP contribution in [0.5, 0.6) is 17.2 Å². The Morgan fingerprint density at radius 2 is 1.87 bits per heavy atom. The van der Waals surface area contributed by atoms with Gasteiger partial charge in [-0.3, -0.25) is 10.1 Å². The number of anilines is 1. The summed E-state index contributed by atoms with van der Waals surface area (Å²) in [7, 11) is 1.61. The van der Waals surface area contributed by atoms with Crippen LogP contribution < -0.4 is 14.8 Å². The number of nitrogens with one attached hydrogen (secondary N) is 1. The van der Waals surface area contributed by atoms with Gasteiger partial charge in [0, 0.05) is 41.3 Å². The third-order valence-corrected chi connectivity index (χ3v) is 7.03. The van der Waals surface area contributed by atoms with Crippen molar-refractivity contribution in [3.63, 3.8) is 0 Å². The molecule has 1 aliphatic rings. The number of hydrogen-bond acceptors (Lipinski definition) is 9. The Morgan fingerprint density at radius 1 is 1.11 bits per heavy atom. The zero-order valence-electron chi connectivity index (χ0n) is 21.6. The molecule has 38 heavy (non-hydrogen) atoms. The summed E-state index contributed by atoms with van der Waals surface area (Å²) in [5.74, 6) is 2.82. The smallest absolute Gasteiger partial charge is 0.257 e. The number of carbonyl (C=O) groups excluding carboxylic acids is 1. The van der Waals surface area contributed by atoms with Crippen LogP contribution in [0.15, 0.2) is 53.1 Å². The molecule has 1 saturated carbocycles. The molecule has 4 aromatic rings. The summed E-state index contributed by atoms with van der Waals surface area (Å²) in [6.07, 6.45) is 6.12. The average Bonchev–Trinajstić information content (AvgIpc) is 3.67. The lowest BCUT2D eigenvalue weighted by molar-refractivity contribution is 0.0916. The molecule has 1 amide bonds. The van der Waals surface area contributed by atoms with Crippen molar-refractivity contribution in [2.75, 3.05) is 19.0 Å². The van der Waals surface area contributed by atoms with Gasteiger partial charge in [0.1, 0.15) is 23.4 Å². The summed E-state index contributed by atoms with van der Waals surface area (Å²) in [5.41, 5.74) is 1.20. The fraction of sp³-hybridized carbons (Fsp3) is 0.357. The van der Waals surface area contributed by atoms with Crippen molar-refractivity contribution >= 4 is 22.4 Å². The van der Waals surface area contributed by atoms with Gasteiger partial charge in [0.25, 0.3) is 5.91 Å². The number of nitrogens with zero attached hydrogens (tertiary/aromatic N) is 3. The van der Waals surface area contributed by atoms with E-state index in [0.717, 1.165) is 29.2 Å². The van der Waals surface area contributed by atoms with Crippen LogP contribution in [-0.2, 0) is 4.74 Å². The molecule has 198 valence electrons. The van der Waals surface area contributed by atoms with Crippen molar-refractivity contribution in [3.05, 3.63) is 65.0 Å². The van der Waals surface area contributed by atoms with Crippen LogP contribution in [0.2, 0.25) is 0 Å². The molecular weight excluding hydrogens is 504 g/mol. The monoisotopic (exact) mass is 534 g/mol. The Hall–Kier alpha value is -3.76. The fourth-order valence-corrected chi connectivity index (χ4v) is 5.06. The number of aromatic nitrogens is 3. The molecule has 1 atom stereocenters. The summed E-state index contributed by atoms with van der Waals surface area (Å²) in [6, 6.07) is 12.5. The van der Waals surface area contributed by atoms with E-state index in [2.05, 4.69) is 20.5 Å². The van der Waals surface area contributed by atoms with Gasteiger partial charge in [-0.2, -0.15) is 0 Å². The van der Waals surface area contributed by atoms with Gasteiger partial charge in [-0.15, -0.1) is 21.5 Å². The quantitative estimate of drug-likeness (QED) is 0.242. The zero-order valence-corrected chi connectivity index (χ0v) is 22.4. The number of carbonyl (C=O) groups is 1. The topological polar surface area (TPSA) is 109 Å². The van der Waals surface area contributed by atoms with Crippen molar-refractivity contribution in [3.8, 4) is 28.7 Å². The van der Waals surface area contributed by atoms with Crippen LogP contribution in [-0.4, -0.2) is 40.9 Å². The van der Waals surface area contributed by atoms with E-state index in [1.807, 2.05) is 38.1 Å². The highest BCUT2D eigenvalue weighted by atomic mass is 32.1. The summed E-state index contributed by atoms with van der Waals surface area (Å²) < 4.78 is 23.2. The summed E-state index contributed by atoms with van der Waals surface area (Å²) >= 11 is 1.41. The van der Waals surface area contributed by atoms with Crippen molar-refractivity contribution < 1.29 is 23.4 Å². The maximum Gasteiger partial charge on any atom is 0.257 e. The Bertz CT molecular complexity index is 1380. The molecule has 0 bridgehead atoms. The van der Waals surface area contributed by atoms with Crippen LogP contribution in [0.3, 0.4) is 0 Å². The fourth-order valence-electron chi connectivity index (χ4n) is 4.40. The minimum atomic E-state index is -0.307. The van der Waals surface area contributed by atoms with Gasteiger partial charge in [-0.1, -0.05) is 12.8 Å². The normalized spacial score (nSPS) is 14.4. The number of thiazole rings is 1. The minimum absolute atomic E-state index is 0.212. The molecule has 0 spiro atoms. The lowest BCUT2D eigenvalue weighted by Crippen LogP contribution is -2.18. The van der Waals surface area contributed by atoms with Crippen molar-refractivity contribution in [2.45, 2.75) is 51.6 Å². The lowest BCUT2D eigenvalue weighted by atomic mass is 10.1. The number of ether oxygens (including phenoxy) is 3. The van der Waals surface area contributed by atoms with Gasteiger partial charge in [0.05, 0.1) is 6.61 Å². The third kappa shape index (κ3) is 6.38. The molecule has 1 N–H and O–H groups in total. The Labute approximate surface area is 225 Å². The van der Waals surface area contributed by atoms with E-state index in [-0.39, 0.29) is 12.0 Å².